The number of carboxylic acids is 1. The van der Waals surface area contributed by atoms with Crippen LogP contribution in [0.15, 0.2) is 24.3 Å². The van der Waals surface area contributed by atoms with Crippen LogP contribution in [-0.4, -0.2) is 59.9 Å². The van der Waals surface area contributed by atoms with Gasteiger partial charge in [0.15, 0.2) is 6.10 Å². The van der Waals surface area contributed by atoms with Crippen molar-refractivity contribution in [3.63, 3.8) is 0 Å². The van der Waals surface area contributed by atoms with Gasteiger partial charge in [0.25, 0.3) is 0 Å². The molecule has 0 aromatic rings. The highest BCUT2D eigenvalue weighted by Gasteiger charge is 2.28. The molecule has 12 heteroatoms. The van der Waals surface area contributed by atoms with E-state index in [1.807, 2.05) is 0 Å². The van der Waals surface area contributed by atoms with Crippen LogP contribution < -0.4 is 5.73 Å². The molecule has 0 aromatic carbocycles. The van der Waals surface area contributed by atoms with E-state index in [9.17, 15) is 23.8 Å². The number of unbranched alkanes of at least 4 members (excludes halogenated alkanes) is 24. The van der Waals surface area contributed by atoms with Gasteiger partial charge in [-0.3, -0.25) is 23.4 Å². The molecule has 0 aromatic heterocycles. The van der Waals surface area contributed by atoms with Crippen LogP contribution in [-0.2, 0) is 37.5 Å². The van der Waals surface area contributed by atoms with Crippen molar-refractivity contribution in [1.29, 1.82) is 0 Å². The van der Waals surface area contributed by atoms with Crippen LogP contribution in [0.25, 0.3) is 0 Å². The van der Waals surface area contributed by atoms with Crippen LogP contribution >= 0.6 is 7.82 Å². The lowest BCUT2D eigenvalue weighted by atomic mass is 10.0. The van der Waals surface area contributed by atoms with Gasteiger partial charge in [0, 0.05) is 12.8 Å². The molecular formula is C44H82NO10P. The number of carbonyl (C=O) groups excluding carboxylic acids is 2. The maximum atomic E-state index is 12.6. The van der Waals surface area contributed by atoms with E-state index in [-0.39, 0.29) is 19.4 Å². The number of phosphoric ester groups is 1. The second-order valence-electron chi connectivity index (χ2n) is 15.2. The molecule has 3 atom stereocenters. The first-order chi connectivity index (χ1) is 27.1. The first-order valence-electron chi connectivity index (χ1n) is 22.4. The molecular weight excluding hydrogens is 733 g/mol. The van der Waals surface area contributed by atoms with Gasteiger partial charge in [-0.25, -0.2) is 4.57 Å². The number of nitrogens with two attached hydrogens (primary N) is 1. The summed E-state index contributed by atoms with van der Waals surface area (Å²) in [6, 6.07) is -1.52. The first-order valence-corrected chi connectivity index (χ1v) is 23.9. The molecule has 0 saturated carbocycles. The van der Waals surface area contributed by atoms with Gasteiger partial charge in [0.2, 0.25) is 0 Å². The minimum Gasteiger partial charge on any atom is -0.480 e. The predicted molar refractivity (Wildman–Crippen MR) is 226 cm³/mol. The van der Waals surface area contributed by atoms with E-state index in [2.05, 4.69) is 42.7 Å². The van der Waals surface area contributed by atoms with Crippen molar-refractivity contribution in [2.45, 2.75) is 219 Å². The standard InChI is InChI=1S/C44H82NO10P/c1-3-5-7-9-11-13-15-17-19-20-22-23-25-27-29-31-33-35-42(46)52-37-40(38-53-56(50,51)54-39-41(45)44(48)49)55-43(47)36-34-32-30-28-26-24-21-18-16-14-12-10-8-6-4-2/h18,21,26,28,40-41H,3-17,19-20,22-25,27,29-39,45H2,1-2H3,(H,48,49)(H,50,51)/b21-18+,28-26+/t40-,41+/m1/s1. The van der Waals surface area contributed by atoms with E-state index in [0.717, 1.165) is 44.9 Å². The summed E-state index contributed by atoms with van der Waals surface area (Å²) in [5.74, 6) is -2.41. The molecule has 56 heavy (non-hydrogen) atoms. The van der Waals surface area contributed by atoms with Crippen LogP contribution in [0.1, 0.15) is 206 Å². The molecule has 0 amide bonds. The average molecular weight is 816 g/mol. The third-order valence-electron chi connectivity index (χ3n) is 9.70. The van der Waals surface area contributed by atoms with Crippen molar-refractivity contribution in [3.8, 4) is 0 Å². The molecule has 0 aliphatic rings. The van der Waals surface area contributed by atoms with Gasteiger partial charge in [0.05, 0.1) is 13.2 Å². The van der Waals surface area contributed by atoms with Crippen molar-refractivity contribution in [1.82, 2.24) is 0 Å². The van der Waals surface area contributed by atoms with Gasteiger partial charge in [-0.05, 0) is 44.9 Å². The van der Waals surface area contributed by atoms with Crippen molar-refractivity contribution >= 4 is 25.7 Å². The monoisotopic (exact) mass is 816 g/mol. The van der Waals surface area contributed by atoms with Crippen molar-refractivity contribution < 1.29 is 47.5 Å². The summed E-state index contributed by atoms with van der Waals surface area (Å²) in [6.07, 6.45) is 41.0. The Morgan fingerprint density at radius 3 is 1.43 bits per heavy atom. The van der Waals surface area contributed by atoms with Crippen LogP contribution in [0, 0.1) is 0 Å². The van der Waals surface area contributed by atoms with Crippen molar-refractivity contribution in [3.05, 3.63) is 24.3 Å². The number of aliphatic carboxylic acids is 1. The Balaban J connectivity index is 4.36. The first kappa shape index (κ1) is 54.0. The highest BCUT2D eigenvalue weighted by Crippen LogP contribution is 2.43. The number of allylic oxidation sites excluding steroid dienone is 4. The number of carboxylic acid groups (broad SMARTS) is 1. The largest absolute Gasteiger partial charge is 0.480 e. The van der Waals surface area contributed by atoms with Crippen LogP contribution in [0.4, 0.5) is 0 Å². The zero-order valence-electron chi connectivity index (χ0n) is 35.5. The fraction of sp³-hybridized carbons (Fsp3) is 0.841. The third kappa shape index (κ3) is 38.8. The molecule has 0 spiro atoms. The van der Waals surface area contributed by atoms with Gasteiger partial charge in [-0.15, -0.1) is 0 Å². The van der Waals surface area contributed by atoms with E-state index < -0.39 is 51.1 Å². The molecule has 4 N–H and O–H groups in total. The van der Waals surface area contributed by atoms with Gasteiger partial charge in [-0.2, -0.15) is 0 Å². The number of ether oxygens (including phenoxy) is 2. The number of rotatable bonds is 42. The topological polar surface area (TPSA) is 172 Å². The average Bonchev–Trinajstić information content (AvgIpc) is 3.17. The predicted octanol–water partition coefficient (Wildman–Crippen LogP) is 11.8. The third-order valence-corrected chi connectivity index (χ3v) is 10.7. The Morgan fingerprint density at radius 1 is 0.554 bits per heavy atom. The normalized spacial score (nSPS) is 13.9. The Hall–Kier alpha value is -2.04. The summed E-state index contributed by atoms with van der Waals surface area (Å²) in [6.45, 7) is 2.78. The smallest absolute Gasteiger partial charge is 0.472 e. The number of esters is 2. The Kier molecular flexibility index (Phi) is 38.3. The number of hydrogen-bond acceptors (Lipinski definition) is 9. The van der Waals surface area contributed by atoms with Gasteiger partial charge < -0.3 is 25.2 Å². The summed E-state index contributed by atoms with van der Waals surface area (Å²) >= 11 is 0. The van der Waals surface area contributed by atoms with E-state index in [1.165, 1.54) is 122 Å². The zero-order chi connectivity index (χ0) is 41.4. The summed E-state index contributed by atoms with van der Waals surface area (Å²) in [5.41, 5.74) is 5.33. The van der Waals surface area contributed by atoms with Gasteiger partial charge in [0.1, 0.15) is 12.6 Å². The molecule has 0 fully saturated rings. The summed E-state index contributed by atoms with van der Waals surface area (Å²) in [7, 11) is -4.72. The molecule has 0 heterocycles. The van der Waals surface area contributed by atoms with Crippen molar-refractivity contribution in [2.75, 3.05) is 19.8 Å². The van der Waals surface area contributed by atoms with Crippen LogP contribution in [0.2, 0.25) is 0 Å². The zero-order valence-corrected chi connectivity index (χ0v) is 36.4. The molecule has 0 saturated heterocycles. The second-order valence-corrected chi connectivity index (χ2v) is 16.6. The molecule has 11 nitrogen and oxygen atoms in total. The molecule has 328 valence electrons. The SMILES string of the molecule is CCCCCCCC/C=C/C/C=C/CCCCC(=O)O[C@H](COC(=O)CCCCCCCCCCCCCCCCCCC)COP(=O)(O)OC[C@H](N)C(=O)O. The number of hydrogen-bond donors (Lipinski definition) is 3. The lowest BCUT2D eigenvalue weighted by Gasteiger charge is -2.20. The lowest BCUT2D eigenvalue weighted by Crippen LogP contribution is -2.34. The van der Waals surface area contributed by atoms with E-state index in [4.69, 9.17) is 24.8 Å². The highest BCUT2D eigenvalue weighted by atomic mass is 31.2. The maximum Gasteiger partial charge on any atom is 0.472 e. The number of phosphoric acid groups is 1. The van der Waals surface area contributed by atoms with Gasteiger partial charge >= 0.3 is 25.7 Å². The highest BCUT2D eigenvalue weighted by molar-refractivity contribution is 7.47. The molecule has 0 aliphatic carbocycles. The Morgan fingerprint density at radius 2 is 0.946 bits per heavy atom. The summed E-state index contributed by atoms with van der Waals surface area (Å²) in [4.78, 5) is 45.9. The summed E-state index contributed by atoms with van der Waals surface area (Å²) < 4.78 is 32.7. The minimum atomic E-state index is -4.72. The Bertz CT molecular complexity index is 1050. The maximum absolute atomic E-state index is 12.6. The quantitative estimate of drug-likeness (QED) is 0.0232. The minimum absolute atomic E-state index is 0.121. The fourth-order valence-electron chi connectivity index (χ4n) is 6.15. The van der Waals surface area contributed by atoms with E-state index in [1.54, 1.807) is 0 Å². The molecule has 0 rings (SSSR count). The number of carbonyl (C=O) groups is 3. The molecule has 0 aliphatic heterocycles. The van der Waals surface area contributed by atoms with E-state index >= 15 is 0 Å². The molecule has 0 radical (unpaired) electrons. The van der Waals surface area contributed by atoms with Crippen LogP contribution in [0.5, 0.6) is 0 Å². The molecule has 0 bridgehead atoms. The molecule has 1 unspecified atom stereocenters. The van der Waals surface area contributed by atoms with Crippen LogP contribution in [0.3, 0.4) is 0 Å². The fourth-order valence-corrected chi connectivity index (χ4v) is 6.93. The van der Waals surface area contributed by atoms with Gasteiger partial charge in [-0.1, -0.05) is 173 Å². The second kappa shape index (κ2) is 39.8. The van der Waals surface area contributed by atoms with Crippen molar-refractivity contribution in [2.24, 2.45) is 5.73 Å². The lowest BCUT2D eigenvalue weighted by molar-refractivity contribution is -0.161. The van der Waals surface area contributed by atoms with E-state index in [0.29, 0.717) is 12.8 Å². The summed E-state index contributed by atoms with van der Waals surface area (Å²) in [5, 5.41) is 8.89. The Labute approximate surface area is 340 Å².